The number of nitrogens with one attached hydrogen (secondary N) is 2. The monoisotopic (exact) mass is 546 g/mol. The van der Waals surface area contributed by atoms with Gasteiger partial charge in [0.05, 0.1) is 16.3 Å². The smallest absolute Gasteiger partial charge is 0.287 e. The molecule has 2 amide bonds. The van der Waals surface area contributed by atoms with Crippen molar-refractivity contribution in [1.29, 1.82) is 0 Å². The summed E-state index contributed by atoms with van der Waals surface area (Å²) in [5.41, 5.74) is 5.25. The number of hydrazone groups is 1. The number of rotatable bonds is 8. The number of hydrogen-bond donors (Lipinski definition) is 2. The number of nitrogens with zero attached hydrogens (tertiary/aromatic N) is 2. The van der Waals surface area contributed by atoms with E-state index in [2.05, 4.69) is 15.8 Å². The lowest BCUT2D eigenvalue weighted by molar-refractivity contribution is -0.117. The number of carbonyl (C=O) groups excluding carboxylic acids is 2. The first-order valence-corrected chi connectivity index (χ1v) is 12.3. The van der Waals surface area contributed by atoms with Crippen molar-refractivity contribution in [3.8, 4) is 11.3 Å². The van der Waals surface area contributed by atoms with Gasteiger partial charge in [-0.2, -0.15) is 5.10 Å². The van der Waals surface area contributed by atoms with Crippen LogP contribution < -0.4 is 15.6 Å². The Morgan fingerprint density at radius 1 is 0.895 bits per heavy atom. The van der Waals surface area contributed by atoms with Crippen molar-refractivity contribution in [2.75, 3.05) is 19.0 Å². The molecule has 0 radical (unpaired) electrons. The third-order valence-electron chi connectivity index (χ3n) is 5.45. The number of furan rings is 1. The molecule has 0 spiro atoms. The van der Waals surface area contributed by atoms with Gasteiger partial charge >= 0.3 is 0 Å². The molecule has 192 valence electrons. The van der Waals surface area contributed by atoms with E-state index in [1.807, 2.05) is 49.3 Å². The number of anilines is 1. The highest BCUT2D eigenvalue weighted by Crippen LogP contribution is 2.34. The highest BCUT2D eigenvalue weighted by Gasteiger charge is 2.15. The maximum Gasteiger partial charge on any atom is 0.287 e. The highest BCUT2D eigenvalue weighted by atomic mass is 35.5. The molecule has 0 aliphatic carbocycles. The Morgan fingerprint density at radius 3 is 2.34 bits per heavy atom. The molecule has 0 saturated carbocycles. The molecule has 0 atom stereocenters. The zero-order valence-electron chi connectivity index (χ0n) is 20.6. The first kappa shape index (κ1) is 26.7. The Hall–Kier alpha value is -4.33. The van der Waals surface area contributed by atoms with Crippen molar-refractivity contribution in [2.24, 2.45) is 5.10 Å². The summed E-state index contributed by atoms with van der Waals surface area (Å²) in [6.07, 6.45) is 2.93. The van der Waals surface area contributed by atoms with Gasteiger partial charge in [0.25, 0.3) is 11.8 Å². The Kier molecular flexibility index (Phi) is 8.63. The van der Waals surface area contributed by atoms with E-state index in [1.165, 1.54) is 6.21 Å². The molecule has 3 aromatic carbocycles. The summed E-state index contributed by atoms with van der Waals surface area (Å²) in [6, 6.07) is 24.8. The largest absolute Gasteiger partial charge is 0.455 e. The standard InChI is InChI=1S/C29H24Cl2N4O3/c1-35(2)21-13-11-19(12-14-21)17-25(33-28(36)20-7-4-3-5-8-20)29(37)34-32-18-22-15-16-26(38-22)23-9-6-10-24(30)27(23)31/h3-18H,1-2H3,(H,33,36)(H,34,37)/b25-17-,32-18-. The minimum Gasteiger partial charge on any atom is -0.455 e. The molecule has 0 aliphatic rings. The second kappa shape index (κ2) is 12.3. The van der Waals surface area contributed by atoms with Crippen LogP contribution in [0.15, 0.2) is 100 Å². The Bertz CT molecular complexity index is 1490. The summed E-state index contributed by atoms with van der Waals surface area (Å²) < 4.78 is 5.76. The fourth-order valence-electron chi connectivity index (χ4n) is 3.45. The maximum absolute atomic E-state index is 13.0. The fourth-order valence-corrected chi connectivity index (χ4v) is 3.85. The molecule has 7 nitrogen and oxygen atoms in total. The zero-order chi connectivity index (χ0) is 27.1. The lowest BCUT2D eigenvalue weighted by atomic mass is 10.1. The molecule has 0 aliphatic heterocycles. The normalized spacial score (nSPS) is 11.4. The van der Waals surface area contributed by atoms with Crippen LogP contribution in [0.3, 0.4) is 0 Å². The number of benzene rings is 3. The SMILES string of the molecule is CN(C)c1ccc(/C=C(\NC(=O)c2ccccc2)C(=O)N/N=C\c2ccc(-c3cccc(Cl)c3Cl)o2)cc1. The fraction of sp³-hybridized carbons (Fsp3) is 0.0690. The molecule has 4 aromatic rings. The summed E-state index contributed by atoms with van der Waals surface area (Å²) in [5.74, 6) is -0.140. The van der Waals surface area contributed by atoms with Gasteiger partial charge in [-0.1, -0.05) is 59.6 Å². The predicted octanol–water partition coefficient (Wildman–Crippen LogP) is 6.24. The number of hydrogen-bond acceptors (Lipinski definition) is 5. The van der Waals surface area contributed by atoms with Crippen molar-refractivity contribution in [2.45, 2.75) is 0 Å². The van der Waals surface area contributed by atoms with E-state index in [1.54, 1.807) is 60.7 Å². The molecule has 38 heavy (non-hydrogen) atoms. The Labute approximate surface area is 230 Å². The minimum absolute atomic E-state index is 0.0273. The number of halogens is 2. The highest BCUT2D eigenvalue weighted by molar-refractivity contribution is 6.43. The van der Waals surface area contributed by atoms with Crippen LogP contribution in [0.2, 0.25) is 10.0 Å². The van der Waals surface area contributed by atoms with Crippen LogP contribution in [0.25, 0.3) is 17.4 Å². The van der Waals surface area contributed by atoms with Crippen LogP contribution in [0.1, 0.15) is 21.7 Å². The lowest BCUT2D eigenvalue weighted by Crippen LogP contribution is -2.32. The van der Waals surface area contributed by atoms with Gasteiger partial charge in [0.15, 0.2) is 0 Å². The minimum atomic E-state index is -0.605. The summed E-state index contributed by atoms with van der Waals surface area (Å²) in [5, 5.41) is 7.46. The topological polar surface area (TPSA) is 86.9 Å². The molecular weight excluding hydrogens is 523 g/mol. The van der Waals surface area contributed by atoms with Gasteiger partial charge in [-0.05, 0) is 60.2 Å². The van der Waals surface area contributed by atoms with Crippen molar-refractivity contribution < 1.29 is 14.0 Å². The summed E-state index contributed by atoms with van der Waals surface area (Å²) in [4.78, 5) is 27.7. The second-order valence-electron chi connectivity index (χ2n) is 8.37. The van der Waals surface area contributed by atoms with E-state index in [0.717, 1.165) is 11.3 Å². The van der Waals surface area contributed by atoms with Crippen LogP contribution in [0.4, 0.5) is 5.69 Å². The molecule has 0 fully saturated rings. The summed E-state index contributed by atoms with van der Waals surface area (Å²) in [7, 11) is 3.88. The average Bonchev–Trinajstić information content (AvgIpc) is 3.39. The quantitative estimate of drug-likeness (QED) is 0.155. The van der Waals surface area contributed by atoms with E-state index in [0.29, 0.717) is 32.7 Å². The van der Waals surface area contributed by atoms with Gasteiger partial charge in [-0.15, -0.1) is 0 Å². The first-order chi connectivity index (χ1) is 18.3. The van der Waals surface area contributed by atoms with Gasteiger partial charge < -0.3 is 14.6 Å². The van der Waals surface area contributed by atoms with Crippen molar-refractivity contribution in [3.05, 3.63) is 118 Å². The Balaban J connectivity index is 1.52. The molecule has 1 heterocycles. The van der Waals surface area contributed by atoms with Crippen LogP contribution in [0.5, 0.6) is 0 Å². The molecule has 2 N–H and O–H groups in total. The Morgan fingerprint density at radius 2 is 1.63 bits per heavy atom. The summed E-state index contributed by atoms with van der Waals surface area (Å²) >= 11 is 12.4. The number of carbonyl (C=O) groups is 2. The first-order valence-electron chi connectivity index (χ1n) is 11.5. The van der Waals surface area contributed by atoms with Crippen molar-refractivity contribution >= 4 is 53.0 Å². The predicted molar refractivity (Wildman–Crippen MR) is 153 cm³/mol. The molecule has 0 unspecified atom stereocenters. The molecular formula is C29H24Cl2N4O3. The van der Waals surface area contributed by atoms with Gasteiger partial charge in [-0.25, -0.2) is 5.43 Å². The third kappa shape index (κ3) is 6.70. The van der Waals surface area contributed by atoms with Gasteiger partial charge in [0, 0.05) is 30.9 Å². The van der Waals surface area contributed by atoms with E-state index < -0.39 is 11.8 Å². The van der Waals surface area contributed by atoms with E-state index in [4.69, 9.17) is 27.6 Å². The second-order valence-corrected chi connectivity index (χ2v) is 9.15. The van der Waals surface area contributed by atoms with Gasteiger partial charge in [0.1, 0.15) is 17.2 Å². The molecule has 1 aromatic heterocycles. The van der Waals surface area contributed by atoms with Crippen LogP contribution in [0, 0.1) is 0 Å². The molecule has 4 rings (SSSR count). The number of amides is 2. The van der Waals surface area contributed by atoms with Crippen molar-refractivity contribution in [3.63, 3.8) is 0 Å². The average molecular weight is 547 g/mol. The van der Waals surface area contributed by atoms with Crippen molar-refractivity contribution in [1.82, 2.24) is 10.7 Å². The van der Waals surface area contributed by atoms with Crippen LogP contribution in [-0.2, 0) is 4.79 Å². The maximum atomic E-state index is 13.0. The van der Waals surface area contributed by atoms with E-state index in [9.17, 15) is 9.59 Å². The van der Waals surface area contributed by atoms with E-state index >= 15 is 0 Å². The van der Waals surface area contributed by atoms with Crippen LogP contribution in [-0.4, -0.2) is 32.1 Å². The zero-order valence-corrected chi connectivity index (χ0v) is 22.1. The van der Waals surface area contributed by atoms with Gasteiger partial charge in [-0.3, -0.25) is 9.59 Å². The van der Waals surface area contributed by atoms with E-state index in [-0.39, 0.29) is 5.70 Å². The van der Waals surface area contributed by atoms with Gasteiger partial charge in [0.2, 0.25) is 0 Å². The summed E-state index contributed by atoms with van der Waals surface area (Å²) in [6.45, 7) is 0. The molecule has 0 saturated heterocycles. The lowest BCUT2D eigenvalue weighted by Gasteiger charge is -2.12. The molecule has 0 bridgehead atoms. The molecule has 9 heteroatoms. The van der Waals surface area contributed by atoms with Crippen LogP contribution >= 0.6 is 23.2 Å². The third-order valence-corrected chi connectivity index (χ3v) is 6.27.